The topological polar surface area (TPSA) is 228 Å². The molecule has 12 atom stereocenters. The minimum atomic E-state index is -1.79. The average molecular weight is 830 g/mol. The first-order valence-corrected chi connectivity index (χ1v) is 22.2. The molecule has 12 unspecified atom stereocenters. The van der Waals surface area contributed by atoms with Gasteiger partial charge in [-0.2, -0.15) is 0 Å². The van der Waals surface area contributed by atoms with Crippen molar-refractivity contribution in [3.05, 3.63) is 36.5 Å². The van der Waals surface area contributed by atoms with Crippen LogP contribution in [0.5, 0.6) is 0 Å². The summed E-state index contributed by atoms with van der Waals surface area (Å²) in [5.41, 5.74) is 0. The molecule has 0 aromatic carbocycles. The van der Waals surface area contributed by atoms with Gasteiger partial charge < -0.3 is 65.1 Å². The lowest BCUT2D eigenvalue weighted by Crippen LogP contribution is -2.65. The molecular formula is C44H79NO13. The molecule has 2 heterocycles. The van der Waals surface area contributed by atoms with Crippen molar-refractivity contribution in [1.29, 1.82) is 0 Å². The molecule has 2 fully saturated rings. The van der Waals surface area contributed by atoms with Gasteiger partial charge in [-0.1, -0.05) is 127 Å². The number of aliphatic hydroxyl groups excluding tert-OH is 8. The van der Waals surface area contributed by atoms with Gasteiger partial charge in [0.2, 0.25) is 5.91 Å². The van der Waals surface area contributed by atoms with Crippen molar-refractivity contribution in [3.63, 3.8) is 0 Å². The van der Waals surface area contributed by atoms with Crippen LogP contribution in [0.3, 0.4) is 0 Å². The van der Waals surface area contributed by atoms with Crippen molar-refractivity contribution in [3.8, 4) is 0 Å². The minimum absolute atomic E-state index is 0.259. The van der Waals surface area contributed by atoms with E-state index in [-0.39, 0.29) is 18.9 Å². The van der Waals surface area contributed by atoms with Gasteiger partial charge >= 0.3 is 0 Å². The number of unbranched alkanes of at least 4 members (excludes halogenated alkanes) is 15. The molecule has 2 aliphatic heterocycles. The van der Waals surface area contributed by atoms with Gasteiger partial charge in [0.25, 0.3) is 0 Å². The van der Waals surface area contributed by atoms with Gasteiger partial charge in [0.05, 0.1) is 32.0 Å². The van der Waals surface area contributed by atoms with Crippen LogP contribution in [0.25, 0.3) is 0 Å². The fourth-order valence-electron chi connectivity index (χ4n) is 7.07. The van der Waals surface area contributed by atoms with E-state index >= 15 is 0 Å². The van der Waals surface area contributed by atoms with Crippen LogP contribution in [0.15, 0.2) is 36.5 Å². The highest BCUT2D eigenvalue weighted by molar-refractivity contribution is 5.76. The van der Waals surface area contributed by atoms with Crippen LogP contribution < -0.4 is 5.32 Å². The lowest BCUT2D eigenvalue weighted by molar-refractivity contribution is -0.359. The Bertz CT molecular complexity index is 1120. The van der Waals surface area contributed by atoms with E-state index in [0.717, 1.165) is 64.2 Å². The highest BCUT2D eigenvalue weighted by atomic mass is 16.7. The number of hydrogen-bond donors (Lipinski definition) is 9. The van der Waals surface area contributed by atoms with Gasteiger partial charge in [-0.3, -0.25) is 4.79 Å². The standard InChI is InChI=1S/C44H79NO13/c1-3-5-7-9-11-13-15-16-17-18-20-22-24-26-28-36(49)45-32(33(48)27-25-23-21-19-14-12-10-8-6-4-2)31-55-43-41(54)39(52)42(35(30-47)57-43)58-44-40(53)38(51)37(50)34(29-46)56-44/h9,11,15-16,25,27,32-35,37-44,46-48,50-54H,3-8,10,12-14,17-24,26,28-31H2,1-2H3,(H,45,49)/b11-9-,16-15-,27-25+. The fourth-order valence-corrected chi connectivity index (χ4v) is 7.07. The molecule has 14 heteroatoms. The number of carbonyl (C=O) groups is 1. The predicted molar refractivity (Wildman–Crippen MR) is 221 cm³/mol. The van der Waals surface area contributed by atoms with E-state index in [9.17, 15) is 45.6 Å². The van der Waals surface area contributed by atoms with Gasteiger partial charge in [-0.15, -0.1) is 0 Å². The molecule has 0 bridgehead atoms. The van der Waals surface area contributed by atoms with Crippen LogP contribution in [0.1, 0.15) is 142 Å². The summed E-state index contributed by atoms with van der Waals surface area (Å²) in [5, 5.41) is 86.3. The molecule has 0 aromatic heterocycles. The van der Waals surface area contributed by atoms with Gasteiger partial charge in [0.1, 0.15) is 48.8 Å². The van der Waals surface area contributed by atoms with Crippen LogP contribution >= 0.6 is 0 Å². The maximum Gasteiger partial charge on any atom is 0.220 e. The van der Waals surface area contributed by atoms with Gasteiger partial charge in [-0.05, 0) is 44.9 Å². The first-order chi connectivity index (χ1) is 28.1. The van der Waals surface area contributed by atoms with Gasteiger partial charge in [0.15, 0.2) is 12.6 Å². The number of allylic oxidation sites excluding steroid dienone is 5. The Balaban J connectivity index is 1.92. The molecule has 2 aliphatic rings. The van der Waals surface area contributed by atoms with Crippen molar-refractivity contribution < 1.29 is 64.6 Å². The van der Waals surface area contributed by atoms with Crippen LogP contribution in [-0.2, 0) is 23.7 Å². The molecule has 58 heavy (non-hydrogen) atoms. The van der Waals surface area contributed by atoms with E-state index in [1.807, 2.05) is 6.08 Å². The van der Waals surface area contributed by atoms with E-state index in [2.05, 4.69) is 43.5 Å². The molecule has 9 N–H and O–H groups in total. The Labute approximate surface area is 347 Å². The SMILES string of the molecule is CCCC/C=C\C/C=C\CCCCCCCC(=O)NC(COC1OC(CO)C(OC2OC(CO)C(O)C(O)C2O)C(O)C1O)C(O)/C=C/CCCCCCCCCC. The number of aliphatic hydroxyl groups is 8. The summed E-state index contributed by atoms with van der Waals surface area (Å²) in [6.07, 6.45) is 16.3. The van der Waals surface area contributed by atoms with E-state index in [4.69, 9.17) is 18.9 Å². The monoisotopic (exact) mass is 830 g/mol. The van der Waals surface area contributed by atoms with Crippen molar-refractivity contribution >= 4 is 5.91 Å². The van der Waals surface area contributed by atoms with Crippen molar-refractivity contribution in [1.82, 2.24) is 5.32 Å². The van der Waals surface area contributed by atoms with Crippen LogP contribution in [0.2, 0.25) is 0 Å². The number of ether oxygens (including phenoxy) is 4. The second-order valence-electron chi connectivity index (χ2n) is 15.8. The Hall–Kier alpha value is -1.79. The minimum Gasteiger partial charge on any atom is -0.394 e. The molecule has 2 rings (SSSR count). The predicted octanol–water partition coefficient (Wildman–Crippen LogP) is 3.98. The number of hydrogen-bond acceptors (Lipinski definition) is 13. The molecule has 0 aromatic rings. The van der Waals surface area contributed by atoms with Gasteiger partial charge in [0, 0.05) is 6.42 Å². The number of nitrogens with one attached hydrogen (secondary N) is 1. The smallest absolute Gasteiger partial charge is 0.220 e. The van der Waals surface area contributed by atoms with Crippen molar-refractivity contribution in [2.24, 2.45) is 0 Å². The summed E-state index contributed by atoms with van der Waals surface area (Å²) in [7, 11) is 0. The highest BCUT2D eigenvalue weighted by Gasteiger charge is 2.50. The zero-order chi connectivity index (χ0) is 42.5. The number of amides is 1. The third-order valence-corrected chi connectivity index (χ3v) is 10.8. The highest BCUT2D eigenvalue weighted by Crippen LogP contribution is 2.30. The summed E-state index contributed by atoms with van der Waals surface area (Å²) >= 11 is 0. The van der Waals surface area contributed by atoms with Gasteiger partial charge in [-0.25, -0.2) is 0 Å². The molecule has 0 aliphatic carbocycles. The summed E-state index contributed by atoms with van der Waals surface area (Å²) in [4.78, 5) is 13.1. The summed E-state index contributed by atoms with van der Waals surface area (Å²) in [6, 6.07) is -0.917. The zero-order valence-electron chi connectivity index (χ0n) is 35.3. The quantitative estimate of drug-likeness (QED) is 0.0346. The molecule has 14 nitrogen and oxygen atoms in total. The average Bonchev–Trinajstić information content (AvgIpc) is 3.22. The second-order valence-corrected chi connectivity index (χ2v) is 15.8. The van der Waals surface area contributed by atoms with Crippen molar-refractivity contribution in [2.75, 3.05) is 19.8 Å². The third-order valence-electron chi connectivity index (χ3n) is 10.8. The maximum atomic E-state index is 13.1. The third kappa shape index (κ3) is 20.2. The Morgan fingerprint density at radius 3 is 1.78 bits per heavy atom. The van der Waals surface area contributed by atoms with Crippen LogP contribution in [0.4, 0.5) is 0 Å². The largest absolute Gasteiger partial charge is 0.394 e. The zero-order valence-corrected chi connectivity index (χ0v) is 35.3. The molecular weight excluding hydrogens is 750 g/mol. The van der Waals surface area contributed by atoms with E-state index < -0.39 is 86.8 Å². The lowest BCUT2D eigenvalue weighted by Gasteiger charge is -2.46. The first-order valence-electron chi connectivity index (χ1n) is 22.2. The van der Waals surface area contributed by atoms with E-state index in [1.54, 1.807) is 6.08 Å². The van der Waals surface area contributed by atoms with Crippen molar-refractivity contribution in [2.45, 2.75) is 216 Å². The molecule has 0 radical (unpaired) electrons. The first kappa shape index (κ1) is 52.3. The summed E-state index contributed by atoms with van der Waals surface area (Å²) < 4.78 is 22.6. The Morgan fingerprint density at radius 1 is 0.621 bits per heavy atom. The molecule has 0 saturated carbocycles. The van der Waals surface area contributed by atoms with Crippen LogP contribution in [-0.4, -0.2) is 140 Å². The van der Waals surface area contributed by atoms with E-state index in [1.165, 1.54) is 51.4 Å². The Kier molecular flexibility index (Phi) is 28.9. The lowest BCUT2D eigenvalue weighted by atomic mass is 9.97. The Morgan fingerprint density at radius 2 is 1.16 bits per heavy atom. The normalized spacial score (nSPS) is 29.1. The number of rotatable bonds is 32. The summed E-state index contributed by atoms with van der Waals surface area (Å²) in [5.74, 6) is -0.259. The molecule has 0 spiro atoms. The molecule has 2 saturated heterocycles. The van der Waals surface area contributed by atoms with E-state index in [0.29, 0.717) is 6.42 Å². The number of carbonyl (C=O) groups excluding carboxylic acids is 1. The molecule has 1 amide bonds. The van der Waals surface area contributed by atoms with Crippen LogP contribution in [0, 0.1) is 0 Å². The fraction of sp³-hybridized carbons (Fsp3) is 0.841. The molecule has 338 valence electrons. The summed E-state index contributed by atoms with van der Waals surface area (Å²) in [6.45, 7) is 2.67. The second kappa shape index (κ2) is 32.0. The maximum absolute atomic E-state index is 13.1.